The van der Waals surface area contributed by atoms with Crippen molar-refractivity contribution in [3.63, 3.8) is 0 Å². The van der Waals surface area contributed by atoms with Crippen LogP contribution in [-0.4, -0.2) is 72.7 Å². The molecule has 1 aliphatic rings. The number of nitrogens with zero attached hydrogens (tertiary/aromatic N) is 3. The van der Waals surface area contributed by atoms with Gasteiger partial charge in [-0.2, -0.15) is 0 Å². The van der Waals surface area contributed by atoms with Gasteiger partial charge in [0.05, 0.1) is 12.3 Å². The molecule has 148 valence electrons. The quantitative estimate of drug-likeness (QED) is 0.669. The van der Waals surface area contributed by atoms with Gasteiger partial charge in [-0.3, -0.25) is 9.59 Å². The minimum absolute atomic E-state index is 0.145. The van der Waals surface area contributed by atoms with Crippen LogP contribution in [0, 0.1) is 0 Å². The summed E-state index contributed by atoms with van der Waals surface area (Å²) in [5.74, 6) is -0.311. The van der Waals surface area contributed by atoms with Crippen LogP contribution in [0.4, 0.5) is 0 Å². The molecule has 7 nitrogen and oxygen atoms in total. The number of oxime groups is 1. The first kappa shape index (κ1) is 20.9. The smallest absolute Gasteiger partial charge is 0.254 e. The van der Waals surface area contributed by atoms with Crippen molar-refractivity contribution in [2.24, 2.45) is 5.16 Å². The molecule has 0 radical (unpaired) electrons. The molecule has 7 heteroatoms. The van der Waals surface area contributed by atoms with Crippen LogP contribution in [0.5, 0.6) is 0 Å². The van der Waals surface area contributed by atoms with Gasteiger partial charge in [0.2, 0.25) is 5.91 Å². The Morgan fingerprint density at radius 2 is 1.93 bits per heavy atom. The molecule has 0 aliphatic carbocycles. The lowest BCUT2D eigenvalue weighted by atomic mass is 10.1. The minimum Gasteiger partial charge on any atom is -0.396 e. The third kappa shape index (κ3) is 5.79. The Bertz CT molecular complexity index is 644. The zero-order valence-corrected chi connectivity index (χ0v) is 16.5. The third-order valence-corrected chi connectivity index (χ3v) is 4.69. The van der Waals surface area contributed by atoms with Gasteiger partial charge in [-0.1, -0.05) is 37.2 Å². The molecule has 0 spiro atoms. The zero-order valence-electron chi connectivity index (χ0n) is 16.5. The fourth-order valence-corrected chi connectivity index (χ4v) is 3.12. The Hall–Kier alpha value is -2.41. The predicted molar refractivity (Wildman–Crippen MR) is 106 cm³/mol. The van der Waals surface area contributed by atoms with Crippen LogP contribution in [-0.2, 0) is 9.63 Å². The largest absolute Gasteiger partial charge is 0.396 e. The van der Waals surface area contributed by atoms with Crippen LogP contribution in [0.25, 0.3) is 0 Å². The van der Waals surface area contributed by atoms with E-state index in [0.29, 0.717) is 37.4 Å². The van der Waals surface area contributed by atoms with Gasteiger partial charge in [0, 0.05) is 25.1 Å². The summed E-state index contributed by atoms with van der Waals surface area (Å²) in [4.78, 5) is 34.6. The SMILES string of the molecule is CCON=C1C[C@@H](C(=O)NCCN(CC)CC)N(C(=O)c2ccccc2)C1. The molecule has 0 unspecified atom stereocenters. The second-order valence-corrected chi connectivity index (χ2v) is 6.41. The molecular formula is C20H30N4O3. The zero-order chi connectivity index (χ0) is 19.6. The van der Waals surface area contributed by atoms with Crippen molar-refractivity contribution in [2.45, 2.75) is 33.2 Å². The van der Waals surface area contributed by atoms with E-state index in [-0.39, 0.29) is 11.8 Å². The molecule has 0 bridgehead atoms. The molecule has 1 saturated heterocycles. The number of likely N-dealkylation sites (N-methyl/N-ethyl adjacent to an activating group) is 1. The van der Waals surface area contributed by atoms with Crippen LogP contribution in [0.1, 0.15) is 37.6 Å². The number of rotatable bonds is 9. The van der Waals surface area contributed by atoms with Gasteiger partial charge in [-0.05, 0) is 32.1 Å². The summed E-state index contributed by atoms with van der Waals surface area (Å²) in [6, 6.07) is 8.45. The van der Waals surface area contributed by atoms with E-state index in [1.54, 1.807) is 17.0 Å². The normalized spacial score (nSPS) is 18.1. The lowest BCUT2D eigenvalue weighted by Crippen LogP contribution is -2.47. The Balaban J connectivity index is 2.07. The van der Waals surface area contributed by atoms with E-state index in [1.807, 2.05) is 25.1 Å². The fourth-order valence-electron chi connectivity index (χ4n) is 3.12. The summed E-state index contributed by atoms with van der Waals surface area (Å²) in [6.45, 7) is 10.0. The maximum atomic E-state index is 12.9. The van der Waals surface area contributed by atoms with Crippen LogP contribution in [0.2, 0.25) is 0 Å². The summed E-state index contributed by atoms with van der Waals surface area (Å²) in [7, 11) is 0. The lowest BCUT2D eigenvalue weighted by Gasteiger charge is -2.24. The van der Waals surface area contributed by atoms with Crippen molar-refractivity contribution >= 4 is 17.5 Å². The third-order valence-electron chi connectivity index (χ3n) is 4.69. The number of amides is 2. The first-order chi connectivity index (χ1) is 13.1. The fraction of sp³-hybridized carbons (Fsp3) is 0.550. The molecule has 1 fully saturated rings. The first-order valence-corrected chi connectivity index (χ1v) is 9.64. The molecule has 1 N–H and O–H groups in total. The van der Waals surface area contributed by atoms with Gasteiger partial charge < -0.3 is 20.0 Å². The number of hydrogen-bond acceptors (Lipinski definition) is 5. The highest BCUT2D eigenvalue weighted by Crippen LogP contribution is 2.19. The summed E-state index contributed by atoms with van der Waals surface area (Å²) in [6.07, 6.45) is 0.398. The van der Waals surface area contributed by atoms with E-state index in [4.69, 9.17) is 4.84 Å². The van der Waals surface area contributed by atoms with Gasteiger partial charge in [-0.15, -0.1) is 0 Å². The van der Waals surface area contributed by atoms with Crippen LogP contribution < -0.4 is 5.32 Å². The van der Waals surface area contributed by atoms with Gasteiger partial charge >= 0.3 is 0 Å². The molecule has 1 atom stereocenters. The van der Waals surface area contributed by atoms with Gasteiger partial charge in [0.25, 0.3) is 5.91 Å². The molecule has 27 heavy (non-hydrogen) atoms. The molecule has 1 aromatic carbocycles. The highest BCUT2D eigenvalue weighted by Gasteiger charge is 2.38. The Morgan fingerprint density at radius 1 is 1.22 bits per heavy atom. The van der Waals surface area contributed by atoms with Crippen molar-refractivity contribution in [3.05, 3.63) is 35.9 Å². The average molecular weight is 374 g/mol. The van der Waals surface area contributed by atoms with Crippen LogP contribution in [0.15, 0.2) is 35.5 Å². The predicted octanol–water partition coefficient (Wildman–Crippen LogP) is 1.75. The number of likely N-dealkylation sites (tertiary alicyclic amines) is 1. The van der Waals surface area contributed by atoms with Crippen molar-refractivity contribution in [2.75, 3.05) is 39.3 Å². The van der Waals surface area contributed by atoms with E-state index in [2.05, 4.69) is 29.2 Å². The van der Waals surface area contributed by atoms with Gasteiger partial charge in [0.1, 0.15) is 12.6 Å². The highest BCUT2D eigenvalue weighted by molar-refractivity contribution is 6.05. The van der Waals surface area contributed by atoms with Crippen molar-refractivity contribution in [1.29, 1.82) is 0 Å². The van der Waals surface area contributed by atoms with E-state index in [1.165, 1.54) is 0 Å². The van der Waals surface area contributed by atoms with E-state index >= 15 is 0 Å². The Morgan fingerprint density at radius 3 is 2.56 bits per heavy atom. The first-order valence-electron chi connectivity index (χ1n) is 9.64. The lowest BCUT2D eigenvalue weighted by molar-refractivity contribution is -0.124. The Kier molecular flexibility index (Phi) is 8.26. The minimum atomic E-state index is -0.561. The van der Waals surface area contributed by atoms with Crippen LogP contribution in [0.3, 0.4) is 0 Å². The molecule has 0 aromatic heterocycles. The summed E-state index contributed by atoms with van der Waals surface area (Å²) < 4.78 is 0. The molecule has 1 heterocycles. The second-order valence-electron chi connectivity index (χ2n) is 6.41. The Labute approximate surface area is 161 Å². The number of carbonyl (C=O) groups is 2. The van der Waals surface area contributed by atoms with Crippen molar-refractivity contribution in [1.82, 2.24) is 15.1 Å². The monoisotopic (exact) mass is 374 g/mol. The van der Waals surface area contributed by atoms with Gasteiger partial charge in [-0.25, -0.2) is 0 Å². The van der Waals surface area contributed by atoms with Gasteiger partial charge in [0.15, 0.2) is 0 Å². The standard InChI is InChI=1S/C20H30N4O3/c1-4-23(5-2)13-12-21-19(25)18-14-17(22-27-6-3)15-24(18)20(26)16-10-8-7-9-11-16/h7-11,18H,4-6,12-15H2,1-3H3,(H,21,25)/t18-/m0/s1. The number of benzene rings is 1. The maximum absolute atomic E-state index is 12.9. The number of nitrogens with one attached hydrogen (secondary N) is 1. The van der Waals surface area contributed by atoms with Crippen molar-refractivity contribution < 1.29 is 14.4 Å². The summed E-state index contributed by atoms with van der Waals surface area (Å²) in [5, 5.41) is 7.04. The second kappa shape index (κ2) is 10.7. The van der Waals surface area contributed by atoms with Crippen molar-refractivity contribution in [3.8, 4) is 0 Å². The maximum Gasteiger partial charge on any atom is 0.254 e. The molecule has 0 saturated carbocycles. The molecule has 2 rings (SSSR count). The van der Waals surface area contributed by atoms with E-state index in [9.17, 15) is 9.59 Å². The highest BCUT2D eigenvalue weighted by atomic mass is 16.6. The molecule has 2 amide bonds. The van der Waals surface area contributed by atoms with E-state index < -0.39 is 6.04 Å². The number of carbonyl (C=O) groups excluding carboxylic acids is 2. The number of hydrogen-bond donors (Lipinski definition) is 1. The van der Waals surface area contributed by atoms with Crippen LogP contribution >= 0.6 is 0 Å². The molecular weight excluding hydrogens is 344 g/mol. The molecule has 1 aliphatic heterocycles. The topological polar surface area (TPSA) is 74.2 Å². The molecule has 1 aromatic rings. The average Bonchev–Trinajstić information content (AvgIpc) is 3.14. The summed E-state index contributed by atoms with van der Waals surface area (Å²) in [5.41, 5.74) is 1.28. The summed E-state index contributed by atoms with van der Waals surface area (Å²) >= 11 is 0. The van der Waals surface area contributed by atoms with E-state index in [0.717, 1.165) is 19.6 Å².